The molecular formula is C24H16Cl2O7. The largest absolute Gasteiger partial charge is 0.478 e. The van der Waals surface area contributed by atoms with Crippen LogP contribution in [0.5, 0.6) is 23.0 Å². The lowest BCUT2D eigenvalue weighted by atomic mass is 9.80. The Labute approximate surface area is 198 Å². The molecule has 1 N–H and O–H groups in total. The first-order valence-corrected chi connectivity index (χ1v) is 10.5. The lowest BCUT2D eigenvalue weighted by molar-refractivity contribution is -0.132. The molecule has 1 heterocycles. The lowest BCUT2D eigenvalue weighted by Gasteiger charge is -2.31. The first-order chi connectivity index (χ1) is 15.7. The molecule has 33 heavy (non-hydrogen) atoms. The fourth-order valence-electron chi connectivity index (χ4n) is 3.78. The highest BCUT2D eigenvalue weighted by atomic mass is 35.5. The van der Waals surface area contributed by atoms with Crippen LogP contribution in [0.15, 0.2) is 48.5 Å². The summed E-state index contributed by atoms with van der Waals surface area (Å²) in [5.41, 5.74) is 1.66. The van der Waals surface area contributed by atoms with E-state index in [1.165, 1.54) is 32.0 Å². The second kappa shape index (κ2) is 8.77. The van der Waals surface area contributed by atoms with E-state index in [9.17, 15) is 19.5 Å². The Balaban J connectivity index is 2.01. The van der Waals surface area contributed by atoms with Crippen LogP contribution in [0.4, 0.5) is 0 Å². The number of hydrogen-bond acceptors (Lipinski definition) is 6. The number of ether oxygens (including phenoxy) is 3. The highest BCUT2D eigenvalue weighted by Gasteiger charge is 2.35. The van der Waals surface area contributed by atoms with Crippen molar-refractivity contribution in [3.8, 4) is 23.0 Å². The molecule has 7 nitrogen and oxygen atoms in total. The van der Waals surface area contributed by atoms with Gasteiger partial charge in [-0.3, -0.25) is 9.59 Å². The fraction of sp³-hybridized carbons (Fsp3) is 0.125. The van der Waals surface area contributed by atoms with E-state index in [4.69, 9.17) is 37.4 Å². The minimum Gasteiger partial charge on any atom is -0.478 e. The molecule has 3 aromatic carbocycles. The maximum Gasteiger partial charge on any atom is 0.335 e. The third-order valence-corrected chi connectivity index (χ3v) is 5.74. The summed E-state index contributed by atoms with van der Waals surface area (Å²) in [6, 6.07) is 12.9. The van der Waals surface area contributed by atoms with Crippen LogP contribution in [0, 0.1) is 0 Å². The second-order valence-corrected chi connectivity index (χ2v) is 7.96. The number of carbonyl (C=O) groups is 3. The number of carbonyl (C=O) groups excluding carboxylic acids is 2. The van der Waals surface area contributed by atoms with Gasteiger partial charge < -0.3 is 19.3 Å². The predicted octanol–water partition coefficient (Wildman–Crippen LogP) is 5.83. The molecule has 0 aliphatic carbocycles. The zero-order chi connectivity index (χ0) is 23.9. The maximum absolute atomic E-state index is 12.0. The normalized spacial score (nSPS) is 12.2. The summed E-state index contributed by atoms with van der Waals surface area (Å²) >= 11 is 13.0. The van der Waals surface area contributed by atoms with Gasteiger partial charge in [0.15, 0.2) is 23.0 Å². The van der Waals surface area contributed by atoms with Gasteiger partial charge in [0.1, 0.15) is 10.0 Å². The predicted molar refractivity (Wildman–Crippen MR) is 120 cm³/mol. The van der Waals surface area contributed by atoms with Crippen molar-refractivity contribution in [2.75, 3.05) is 0 Å². The standard InChI is InChI=1S/C24H16Cl2O7/c1-11(27)31-17-9-7-15-19(13-5-3-4-6-14(13)24(29)30)16-8-10-18(32-12(2)28)21(26)23(16)33-22(15)20(17)25/h3-10,19H,1-2H3,(H,29,30). The third kappa shape index (κ3) is 4.13. The van der Waals surface area contributed by atoms with Crippen molar-refractivity contribution in [3.63, 3.8) is 0 Å². The van der Waals surface area contributed by atoms with E-state index in [1.54, 1.807) is 30.3 Å². The molecular weight excluding hydrogens is 471 g/mol. The summed E-state index contributed by atoms with van der Waals surface area (Å²) in [6.45, 7) is 2.47. The van der Waals surface area contributed by atoms with Crippen LogP contribution in [0.2, 0.25) is 10.0 Å². The van der Waals surface area contributed by atoms with Crippen molar-refractivity contribution in [3.05, 3.63) is 80.8 Å². The van der Waals surface area contributed by atoms with Crippen LogP contribution in [0.25, 0.3) is 0 Å². The number of carboxylic acid groups (broad SMARTS) is 1. The number of carboxylic acids is 1. The Morgan fingerprint density at radius 1 is 0.788 bits per heavy atom. The van der Waals surface area contributed by atoms with E-state index >= 15 is 0 Å². The maximum atomic E-state index is 12.0. The number of benzene rings is 3. The summed E-state index contributed by atoms with van der Waals surface area (Å²) in [4.78, 5) is 34.9. The highest BCUT2D eigenvalue weighted by Crippen LogP contribution is 2.55. The molecule has 168 valence electrons. The Hall–Kier alpha value is -3.55. The van der Waals surface area contributed by atoms with Crippen LogP contribution in [0.3, 0.4) is 0 Å². The Morgan fingerprint density at radius 3 is 1.73 bits per heavy atom. The van der Waals surface area contributed by atoms with Crippen LogP contribution in [-0.2, 0) is 9.59 Å². The van der Waals surface area contributed by atoms with E-state index in [-0.39, 0.29) is 38.6 Å². The van der Waals surface area contributed by atoms with Crippen molar-refractivity contribution in [1.82, 2.24) is 0 Å². The van der Waals surface area contributed by atoms with Gasteiger partial charge in [-0.25, -0.2) is 4.79 Å². The van der Waals surface area contributed by atoms with Crippen molar-refractivity contribution >= 4 is 41.1 Å². The van der Waals surface area contributed by atoms with Crippen molar-refractivity contribution in [2.45, 2.75) is 19.8 Å². The molecule has 0 unspecified atom stereocenters. The van der Waals surface area contributed by atoms with Gasteiger partial charge in [-0.05, 0) is 23.8 Å². The Bertz CT molecular complexity index is 1240. The van der Waals surface area contributed by atoms with Gasteiger partial charge in [0.05, 0.1) is 5.56 Å². The molecule has 1 aliphatic rings. The van der Waals surface area contributed by atoms with Gasteiger partial charge in [0.2, 0.25) is 0 Å². The summed E-state index contributed by atoms with van der Waals surface area (Å²) < 4.78 is 16.4. The fourth-order valence-corrected chi connectivity index (χ4v) is 4.28. The van der Waals surface area contributed by atoms with Crippen molar-refractivity contribution in [1.29, 1.82) is 0 Å². The minimum absolute atomic E-state index is 0.0140. The van der Waals surface area contributed by atoms with E-state index in [0.29, 0.717) is 16.7 Å². The monoisotopic (exact) mass is 486 g/mol. The molecule has 0 spiro atoms. The van der Waals surface area contributed by atoms with Gasteiger partial charge in [0, 0.05) is 30.9 Å². The van der Waals surface area contributed by atoms with Gasteiger partial charge in [-0.2, -0.15) is 0 Å². The zero-order valence-corrected chi connectivity index (χ0v) is 18.9. The highest BCUT2D eigenvalue weighted by molar-refractivity contribution is 6.35. The molecule has 4 rings (SSSR count). The molecule has 0 aromatic heterocycles. The number of fused-ring (bicyclic) bond motifs is 2. The lowest BCUT2D eigenvalue weighted by Crippen LogP contribution is -2.16. The summed E-state index contributed by atoms with van der Waals surface area (Å²) in [5, 5.41) is 9.82. The van der Waals surface area contributed by atoms with Crippen molar-refractivity contribution < 1.29 is 33.7 Å². The van der Waals surface area contributed by atoms with Gasteiger partial charge >= 0.3 is 17.9 Å². The molecule has 3 aromatic rings. The summed E-state index contributed by atoms with van der Waals surface area (Å²) in [5.74, 6) is -2.45. The number of hydrogen-bond donors (Lipinski definition) is 1. The van der Waals surface area contributed by atoms with Crippen LogP contribution in [-0.4, -0.2) is 23.0 Å². The third-order valence-electron chi connectivity index (χ3n) is 5.02. The van der Waals surface area contributed by atoms with Crippen LogP contribution in [0.1, 0.15) is 46.8 Å². The quantitative estimate of drug-likeness (QED) is 0.286. The van der Waals surface area contributed by atoms with Gasteiger partial charge in [-0.15, -0.1) is 0 Å². The number of halogens is 2. The first-order valence-electron chi connectivity index (χ1n) is 9.70. The van der Waals surface area contributed by atoms with Gasteiger partial charge in [0.25, 0.3) is 0 Å². The number of rotatable bonds is 4. The molecule has 0 atom stereocenters. The van der Waals surface area contributed by atoms with E-state index in [0.717, 1.165) is 0 Å². The molecule has 0 saturated heterocycles. The molecule has 0 saturated carbocycles. The Morgan fingerprint density at radius 2 is 1.27 bits per heavy atom. The number of esters is 2. The molecule has 0 fully saturated rings. The van der Waals surface area contributed by atoms with E-state index in [1.807, 2.05) is 0 Å². The summed E-state index contributed by atoms with van der Waals surface area (Å²) in [6.07, 6.45) is 0. The molecule has 1 aliphatic heterocycles. The molecule has 0 radical (unpaired) electrons. The van der Waals surface area contributed by atoms with E-state index < -0.39 is 23.8 Å². The van der Waals surface area contributed by atoms with Crippen molar-refractivity contribution in [2.24, 2.45) is 0 Å². The average molecular weight is 487 g/mol. The molecule has 9 heteroatoms. The van der Waals surface area contributed by atoms with Crippen LogP contribution < -0.4 is 14.2 Å². The van der Waals surface area contributed by atoms with E-state index in [2.05, 4.69) is 0 Å². The topological polar surface area (TPSA) is 99.1 Å². The first kappa shape index (κ1) is 22.6. The summed E-state index contributed by atoms with van der Waals surface area (Å²) in [7, 11) is 0. The molecule has 0 bridgehead atoms. The smallest absolute Gasteiger partial charge is 0.335 e. The van der Waals surface area contributed by atoms with Crippen LogP contribution >= 0.6 is 23.2 Å². The second-order valence-electron chi connectivity index (χ2n) is 7.21. The average Bonchev–Trinajstić information content (AvgIpc) is 2.76. The zero-order valence-electron chi connectivity index (χ0n) is 17.3. The number of aromatic carboxylic acids is 1. The SMILES string of the molecule is CC(=O)Oc1ccc2c(c1Cl)Oc1c(ccc(OC(C)=O)c1Cl)C2c1ccccc1C(=O)O. The molecule has 0 amide bonds. The minimum atomic E-state index is -1.11. The van der Waals surface area contributed by atoms with Gasteiger partial charge in [-0.1, -0.05) is 53.5 Å². The Kier molecular flexibility index (Phi) is 6.01.